The predicted molar refractivity (Wildman–Crippen MR) is 87.4 cm³/mol. The number of carbonyl (C=O) groups is 1. The second-order valence-electron chi connectivity index (χ2n) is 6.05. The Bertz CT molecular complexity index is 683. The molecule has 0 aromatic carbocycles. The second-order valence-corrected chi connectivity index (χ2v) is 6.05. The van der Waals surface area contributed by atoms with Crippen molar-refractivity contribution >= 4 is 11.7 Å². The van der Waals surface area contributed by atoms with E-state index in [9.17, 15) is 9.90 Å². The molecule has 1 fully saturated rings. The molecule has 0 radical (unpaired) electrons. The average Bonchev–Trinajstić information content (AvgIpc) is 2.62. The van der Waals surface area contributed by atoms with Crippen LogP contribution in [0.1, 0.15) is 23.5 Å². The van der Waals surface area contributed by atoms with Crippen LogP contribution >= 0.6 is 0 Å². The molecule has 0 bridgehead atoms. The average molecular weight is 328 g/mol. The van der Waals surface area contributed by atoms with Crippen molar-refractivity contribution in [3.63, 3.8) is 0 Å². The SMILES string of the molecule is CN(CC1(O)CCCN(c2cnccn2)C1)C(=O)c1ncccn1. The van der Waals surface area contributed by atoms with E-state index in [2.05, 4.69) is 19.9 Å². The lowest BCUT2D eigenvalue weighted by atomic mass is 9.92. The van der Waals surface area contributed by atoms with Gasteiger partial charge >= 0.3 is 0 Å². The van der Waals surface area contributed by atoms with E-state index >= 15 is 0 Å². The van der Waals surface area contributed by atoms with E-state index in [0.717, 1.165) is 18.8 Å². The number of carbonyl (C=O) groups excluding carboxylic acids is 1. The van der Waals surface area contributed by atoms with Gasteiger partial charge in [0, 0.05) is 44.9 Å². The Morgan fingerprint density at radius 3 is 2.79 bits per heavy atom. The highest BCUT2D eigenvalue weighted by molar-refractivity contribution is 5.90. The van der Waals surface area contributed by atoms with Gasteiger partial charge in [-0.15, -0.1) is 0 Å². The molecule has 0 saturated carbocycles. The highest BCUT2D eigenvalue weighted by Gasteiger charge is 2.36. The molecule has 1 amide bonds. The smallest absolute Gasteiger partial charge is 0.291 e. The number of amides is 1. The fourth-order valence-corrected chi connectivity index (χ4v) is 2.99. The van der Waals surface area contributed by atoms with E-state index in [1.807, 2.05) is 4.90 Å². The molecule has 126 valence electrons. The highest BCUT2D eigenvalue weighted by Crippen LogP contribution is 2.25. The summed E-state index contributed by atoms with van der Waals surface area (Å²) in [6, 6.07) is 1.66. The molecule has 1 unspecified atom stereocenters. The third kappa shape index (κ3) is 3.65. The number of nitrogens with zero attached hydrogens (tertiary/aromatic N) is 6. The maximum atomic E-state index is 12.4. The lowest BCUT2D eigenvalue weighted by Gasteiger charge is -2.41. The van der Waals surface area contributed by atoms with Gasteiger partial charge in [0.05, 0.1) is 18.3 Å². The summed E-state index contributed by atoms with van der Waals surface area (Å²) in [6.07, 6.45) is 9.42. The predicted octanol–water partition coefficient (Wildman–Crippen LogP) is 0.370. The fourth-order valence-electron chi connectivity index (χ4n) is 2.99. The molecule has 1 atom stereocenters. The molecule has 3 heterocycles. The van der Waals surface area contributed by atoms with Crippen molar-refractivity contribution in [2.45, 2.75) is 18.4 Å². The molecule has 0 spiro atoms. The van der Waals surface area contributed by atoms with Gasteiger partial charge in [-0.2, -0.15) is 0 Å². The first kappa shape index (κ1) is 16.3. The van der Waals surface area contributed by atoms with Crippen molar-refractivity contribution in [3.05, 3.63) is 42.9 Å². The van der Waals surface area contributed by atoms with Gasteiger partial charge in [-0.3, -0.25) is 9.78 Å². The normalized spacial score (nSPS) is 20.7. The molecule has 2 aromatic heterocycles. The number of aromatic nitrogens is 4. The van der Waals surface area contributed by atoms with E-state index in [1.54, 1.807) is 31.7 Å². The summed E-state index contributed by atoms with van der Waals surface area (Å²) >= 11 is 0. The quantitative estimate of drug-likeness (QED) is 0.866. The summed E-state index contributed by atoms with van der Waals surface area (Å²) in [5.74, 6) is 0.557. The van der Waals surface area contributed by atoms with Crippen molar-refractivity contribution in [2.24, 2.45) is 0 Å². The summed E-state index contributed by atoms with van der Waals surface area (Å²) in [4.78, 5) is 32.1. The van der Waals surface area contributed by atoms with E-state index in [1.165, 1.54) is 17.3 Å². The summed E-state index contributed by atoms with van der Waals surface area (Å²) in [7, 11) is 1.65. The Kier molecular flexibility index (Phi) is 4.66. The first-order valence-corrected chi connectivity index (χ1v) is 7.83. The van der Waals surface area contributed by atoms with E-state index in [-0.39, 0.29) is 18.3 Å². The monoisotopic (exact) mass is 328 g/mol. The highest BCUT2D eigenvalue weighted by atomic mass is 16.3. The second kappa shape index (κ2) is 6.88. The first-order chi connectivity index (χ1) is 11.6. The minimum atomic E-state index is -1.00. The number of anilines is 1. The van der Waals surface area contributed by atoms with Crippen molar-refractivity contribution in [1.29, 1.82) is 0 Å². The van der Waals surface area contributed by atoms with E-state index in [4.69, 9.17) is 0 Å². The topological polar surface area (TPSA) is 95.3 Å². The lowest BCUT2D eigenvalue weighted by Crippen LogP contribution is -2.55. The van der Waals surface area contributed by atoms with Gasteiger partial charge in [-0.05, 0) is 18.9 Å². The molecular weight excluding hydrogens is 308 g/mol. The maximum absolute atomic E-state index is 12.4. The Hall–Kier alpha value is -2.61. The molecule has 3 rings (SSSR count). The summed E-state index contributed by atoms with van der Waals surface area (Å²) < 4.78 is 0. The Balaban J connectivity index is 1.68. The van der Waals surface area contributed by atoms with Gasteiger partial charge in [0.15, 0.2) is 0 Å². The zero-order valence-corrected chi connectivity index (χ0v) is 13.5. The van der Waals surface area contributed by atoms with E-state index < -0.39 is 5.60 Å². The fraction of sp³-hybridized carbons (Fsp3) is 0.438. The number of rotatable bonds is 4. The maximum Gasteiger partial charge on any atom is 0.291 e. The third-order valence-electron chi connectivity index (χ3n) is 4.06. The van der Waals surface area contributed by atoms with Crippen LogP contribution in [0, 0.1) is 0 Å². The molecular formula is C16H20N6O2. The Morgan fingerprint density at radius 1 is 1.29 bits per heavy atom. The summed E-state index contributed by atoms with van der Waals surface area (Å²) in [5.41, 5.74) is -1.00. The molecule has 0 aliphatic carbocycles. The summed E-state index contributed by atoms with van der Waals surface area (Å²) in [6.45, 7) is 1.42. The van der Waals surface area contributed by atoms with Crippen LogP contribution in [0.25, 0.3) is 0 Å². The number of β-amino-alcohol motifs (C(OH)–C–C–N with tert-alkyl or cyclic N) is 1. The van der Waals surface area contributed by atoms with Crippen LogP contribution in [-0.2, 0) is 0 Å². The number of aliphatic hydroxyl groups is 1. The van der Waals surface area contributed by atoms with Gasteiger partial charge in [0.1, 0.15) is 5.82 Å². The van der Waals surface area contributed by atoms with Gasteiger partial charge in [0.25, 0.3) is 5.91 Å². The largest absolute Gasteiger partial charge is 0.386 e. The van der Waals surface area contributed by atoms with Crippen molar-refractivity contribution in [2.75, 3.05) is 31.6 Å². The van der Waals surface area contributed by atoms with Crippen LogP contribution in [0.4, 0.5) is 5.82 Å². The van der Waals surface area contributed by atoms with Gasteiger partial charge < -0.3 is 14.9 Å². The molecule has 1 aliphatic heterocycles. The first-order valence-electron chi connectivity index (χ1n) is 7.83. The number of likely N-dealkylation sites (N-methyl/N-ethyl adjacent to an activating group) is 1. The standard InChI is InChI=1S/C16H20N6O2/c1-21(15(23)14-19-5-3-6-20-14)11-16(24)4-2-9-22(12-16)13-10-17-7-8-18-13/h3,5-8,10,24H,2,4,9,11-12H2,1H3. The molecule has 1 aliphatic rings. The van der Waals surface area contributed by atoms with Crippen LogP contribution in [0.3, 0.4) is 0 Å². The minimum Gasteiger partial charge on any atom is -0.386 e. The number of hydrogen-bond donors (Lipinski definition) is 1. The van der Waals surface area contributed by atoms with E-state index in [0.29, 0.717) is 13.0 Å². The van der Waals surface area contributed by atoms with Crippen molar-refractivity contribution < 1.29 is 9.90 Å². The van der Waals surface area contributed by atoms with Crippen LogP contribution in [0.5, 0.6) is 0 Å². The Morgan fingerprint density at radius 2 is 2.08 bits per heavy atom. The summed E-state index contributed by atoms with van der Waals surface area (Å²) in [5, 5.41) is 10.9. The van der Waals surface area contributed by atoms with Crippen molar-refractivity contribution in [1.82, 2.24) is 24.8 Å². The minimum absolute atomic E-state index is 0.130. The van der Waals surface area contributed by atoms with Crippen LogP contribution < -0.4 is 4.90 Å². The van der Waals surface area contributed by atoms with Crippen LogP contribution in [0.15, 0.2) is 37.1 Å². The molecule has 8 nitrogen and oxygen atoms in total. The third-order valence-corrected chi connectivity index (χ3v) is 4.06. The lowest BCUT2D eigenvalue weighted by molar-refractivity contribution is -0.000448. The van der Waals surface area contributed by atoms with Crippen LogP contribution in [0.2, 0.25) is 0 Å². The number of piperidine rings is 1. The molecule has 8 heteroatoms. The molecule has 24 heavy (non-hydrogen) atoms. The van der Waals surface area contributed by atoms with Gasteiger partial charge in [-0.1, -0.05) is 0 Å². The zero-order chi connectivity index (χ0) is 17.0. The van der Waals surface area contributed by atoms with Crippen molar-refractivity contribution in [3.8, 4) is 0 Å². The number of hydrogen-bond acceptors (Lipinski definition) is 7. The van der Waals surface area contributed by atoms with Gasteiger partial charge in [0.2, 0.25) is 5.82 Å². The van der Waals surface area contributed by atoms with Crippen LogP contribution in [-0.4, -0.2) is 68.1 Å². The van der Waals surface area contributed by atoms with Gasteiger partial charge in [-0.25, -0.2) is 15.0 Å². The zero-order valence-electron chi connectivity index (χ0n) is 13.5. The Labute approximate surface area is 140 Å². The molecule has 2 aromatic rings. The molecule has 1 N–H and O–H groups in total. The molecule has 1 saturated heterocycles.